The maximum absolute atomic E-state index is 12.2. The van der Waals surface area contributed by atoms with Crippen molar-refractivity contribution in [3.8, 4) is 0 Å². The summed E-state index contributed by atoms with van der Waals surface area (Å²) in [5.41, 5.74) is 0.683. The number of carbonyl (C=O) groups is 2. The molecule has 2 aromatic carbocycles. The van der Waals surface area contributed by atoms with Gasteiger partial charge in [-0.15, -0.1) is 0 Å². The molecule has 3 aromatic rings. The van der Waals surface area contributed by atoms with Crippen molar-refractivity contribution in [1.82, 2.24) is 10.2 Å². The van der Waals surface area contributed by atoms with Crippen LogP contribution in [0.5, 0.6) is 0 Å². The Kier molecular flexibility index (Phi) is 5.07. The van der Waals surface area contributed by atoms with E-state index in [1.165, 1.54) is 6.92 Å². The Hall–Kier alpha value is -3.48. The minimum absolute atomic E-state index is 0.153. The van der Waals surface area contributed by atoms with E-state index in [0.29, 0.717) is 22.2 Å². The van der Waals surface area contributed by atoms with E-state index in [0.717, 1.165) is 0 Å². The number of fused-ring (bicyclic) bond motifs is 1. The van der Waals surface area contributed by atoms with Crippen LogP contribution in [0.1, 0.15) is 12.6 Å². The number of benzene rings is 2. The average Bonchev–Trinajstić information content (AvgIpc) is 2.65. The predicted octanol–water partition coefficient (Wildman–Crippen LogP) is 2.04. The standard InChI is InChI=1S/C19H17N3O4/c1-12(18(24)20-13-7-3-2-4-8-13)26-17(23)11-16-14-9-5-6-10-15(14)19(25)22-21-16/h2-10,12H,11H2,1H3,(H,20,24)(H,22,25)/t12-/m0/s1. The smallest absolute Gasteiger partial charge is 0.312 e. The molecule has 132 valence electrons. The molecular formula is C19H17N3O4. The zero-order valence-electron chi connectivity index (χ0n) is 14.1. The molecule has 26 heavy (non-hydrogen) atoms. The number of ether oxygens (including phenoxy) is 1. The molecule has 0 aliphatic carbocycles. The lowest BCUT2D eigenvalue weighted by molar-refractivity contribution is -0.152. The van der Waals surface area contributed by atoms with E-state index in [1.54, 1.807) is 48.5 Å². The van der Waals surface area contributed by atoms with Crippen LogP contribution in [0.4, 0.5) is 5.69 Å². The lowest BCUT2D eigenvalue weighted by Gasteiger charge is -2.13. The van der Waals surface area contributed by atoms with Crippen LogP contribution in [0.3, 0.4) is 0 Å². The first kappa shape index (κ1) is 17.3. The maximum atomic E-state index is 12.2. The van der Waals surface area contributed by atoms with Crippen LogP contribution in [0, 0.1) is 0 Å². The van der Waals surface area contributed by atoms with E-state index in [-0.39, 0.29) is 12.0 Å². The van der Waals surface area contributed by atoms with Crippen molar-refractivity contribution in [2.45, 2.75) is 19.4 Å². The number of hydrogen-bond acceptors (Lipinski definition) is 5. The number of amides is 1. The predicted molar refractivity (Wildman–Crippen MR) is 96.7 cm³/mol. The third kappa shape index (κ3) is 3.94. The molecule has 7 heteroatoms. The van der Waals surface area contributed by atoms with Gasteiger partial charge in [0.1, 0.15) is 0 Å². The Bertz CT molecular complexity index is 998. The fourth-order valence-electron chi connectivity index (χ4n) is 2.50. The van der Waals surface area contributed by atoms with Crippen molar-refractivity contribution in [3.05, 3.63) is 70.6 Å². The van der Waals surface area contributed by atoms with Crippen molar-refractivity contribution in [2.75, 3.05) is 5.32 Å². The first-order valence-corrected chi connectivity index (χ1v) is 8.06. The van der Waals surface area contributed by atoms with E-state index < -0.39 is 18.0 Å². The fraction of sp³-hybridized carbons (Fsp3) is 0.158. The number of H-pyrrole nitrogens is 1. The quantitative estimate of drug-likeness (QED) is 0.685. The Balaban J connectivity index is 1.66. The highest BCUT2D eigenvalue weighted by Gasteiger charge is 2.19. The van der Waals surface area contributed by atoms with Gasteiger partial charge in [0.05, 0.1) is 17.5 Å². The van der Waals surface area contributed by atoms with Gasteiger partial charge in [-0.2, -0.15) is 5.10 Å². The number of aromatic nitrogens is 2. The summed E-state index contributed by atoms with van der Waals surface area (Å²) in [4.78, 5) is 36.1. The molecule has 1 aromatic heterocycles. The third-order valence-electron chi connectivity index (χ3n) is 3.81. The maximum Gasteiger partial charge on any atom is 0.312 e. The van der Waals surface area contributed by atoms with Crippen molar-refractivity contribution < 1.29 is 14.3 Å². The minimum Gasteiger partial charge on any atom is -0.452 e. The first-order chi connectivity index (χ1) is 12.5. The SMILES string of the molecule is C[C@H](OC(=O)Cc1n[nH]c(=O)c2ccccc12)C(=O)Nc1ccccc1. The van der Waals surface area contributed by atoms with Gasteiger partial charge >= 0.3 is 5.97 Å². The van der Waals surface area contributed by atoms with Gasteiger partial charge in [-0.25, -0.2) is 5.10 Å². The molecule has 7 nitrogen and oxygen atoms in total. The van der Waals surface area contributed by atoms with Gasteiger partial charge < -0.3 is 10.1 Å². The van der Waals surface area contributed by atoms with E-state index in [1.807, 2.05) is 6.07 Å². The molecule has 3 rings (SSSR count). The van der Waals surface area contributed by atoms with Crippen molar-refractivity contribution in [3.63, 3.8) is 0 Å². The molecule has 1 amide bonds. The fourth-order valence-corrected chi connectivity index (χ4v) is 2.50. The lowest BCUT2D eigenvalue weighted by Crippen LogP contribution is -2.30. The monoisotopic (exact) mass is 351 g/mol. The minimum atomic E-state index is -0.961. The molecule has 1 heterocycles. The molecule has 0 saturated heterocycles. The van der Waals surface area contributed by atoms with E-state index in [4.69, 9.17) is 4.74 Å². The highest BCUT2D eigenvalue weighted by molar-refractivity contribution is 5.95. The summed E-state index contributed by atoms with van der Waals surface area (Å²) < 4.78 is 5.18. The number of hydrogen-bond donors (Lipinski definition) is 2. The van der Waals surface area contributed by atoms with Gasteiger partial charge in [0.25, 0.3) is 11.5 Å². The number of esters is 1. The zero-order chi connectivity index (χ0) is 18.5. The van der Waals surface area contributed by atoms with Gasteiger partial charge in [-0.05, 0) is 25.1 Å². The summed E-state index contributed by atoms with van der Waals surface area (Å²) in [5.74, 6) is -1.03. The molecule has 0 unspecified atom stereocenters. The van der Waals surface area contributed by atoms with Crippen LogP contribution >= 0.6 is 0 Å². The van der Waals surface area contributed by atoms with E-state index in [9.17, 15) is 14.4 Å². The van der Waals surface area contributed by atoms with Gasteiger partial charge in [0.2, 0.25) is 0 Å². The Morgan fingerprint density at radius 1 is 1.08 bits per heavy atom. The summed E-state index contributed by atoms with van der Waals surface area (Å²) >= 11 is 0. The van der Waals surface area contributed by atoms with Crippen molar-refractivity contribution in [2.24, 2.45) is 0 Å². The van der Waals surface area contributed by atoms with Crippen LogP contribution in [0.15, 0.2) is 59.4 Å². The molecular weight excluding hydrogens is 334 g/mol. The molecule has 2 N–H and O–H groups in total. The molecule has 0 bridgehead atoms. The normalized spacial score (nSPS) is 11.7. The van der Waals surface area contributed by atoms with Gasteiger partial charge in [0.15, 0.2) is 6.10 Å². The number of anilines is 1. The molecule has 0 aliphatic rings. The van der Waals surface area contributed by atoms with Crippen LogP contribution in [-0.4, -0.2) is 28.2 Å². The third-order valence-corrected chi connectivity index (χ3v) is 3.81. The zero-order valence-corrected chi connectivity index (χ0v) is 14.1. The van der Waals surface area contributed by atoms with E-state index >= 15 is 0 Å². The first-order valence-electron chi connectivity index (χ1n) is 8.06. The second-order valence-electron chi connectivity index (χ2n) is 5.71. The Morgan fingerprint density at radius 2 is 1.73 bits per heavy atom. The summed E-state index contributed by atoms with van der Waals surface area (Å²) in [7, 11) is 0. The van der Waals surface area contributed by atoms with Crippen molar-refractivity contribution >= 4 is 28.3 Å². The van der Waals surface area contributed by atoms with Crippen LogP contribution in [0.2, 0.25) is 0 Å². The molecule has 0 fully saturated rings. The largest absolute Gasteiger partial charge is 0.452 e. The summed E-state index contributed by atoms with van der Waals surface area (Å²) in [6.07, 6.45) is -1.11. The Labute approximate surface area is 149 Å². The number of rotatable bonds is 5. The summed E-state index contributed by atoms with van der Waals surface area (Å²) in [6.45, 7) is 1.49. The Morgan fingerprint density at radius 3 is 2.46 bits per heavy atom. The topological polar surface area (TPSA) is 101 Å². The van der Waals surface area contributed by atoms with Crippen LogP contribution < -0.4 is 10.9 Å². The number of carbonyl (C=O) groups excluding carboxylic acids is 2. The van der Waals surface area contributed by atoms with Crippen molar-refractivity contribution in [1.29, 1.82) is 0 Å². The second kappa shape index (κ2) is 7.60. The molecule has 0 radical (unpaired) electrons. The number of nitrogens with zero attached hydrogens (tertiary/aromatic N) is 1. The van der Waals surface area contributed by atoms with E-state index in [2.05, 4.69) is 15.5 Å². The molecule has 0 spiro atoms. The second-order valence-corrected chi connectivity index (χ2v) is 5.71. The molecule has 0 aliphatic heterocycles. The van der Waals surface area contributed by atoms with Crippen LogP contribution in [-0.2, 0) is 20.7 Å². The van der Waals surface area contributed by atoms with Gasteiger partial charge in [-0.3, -0.25) is 14.4 Å². The number of nitrogens with one attached hydrogen (secondary N) is 2. The molecule has 1 atom stereocenters. The lowest BCUT2D eigenvalue weighted by atomic mass is 10.1. The highest BCUT2D eigenvalue weighted by atomic mass is 16.5. The highest BCUT2D eigenvalue weighted by Crippen LogP contribution is 2.14. The summed E-state index contributed by atoms with van der Waals surface area (Å²) in [6, 6.07) is 15.8. The number of para-hydroxylation sites is 1. The molecule has 0 saturated carbocycles. The van der Waals surface area contributed by atoms with Gasteiger partial charge in [0, 0.05) is 11.1 Å². The number of aromatic amines is 1. The average molecular weight is 351 g/mol. The van der Waals surface area contributed by atoms with Gasteiger partial charge in [-0.1, -0.05) is 36.4 Å². The van der Waals surface area contributed by atoms with Crippen LogP contribution in [0.25, 0.3) is 10.8 Å². The summed E-state index contributed by atoms with van der Waals surface area (Å²) in [5, 5.41) is 9.98.